The maximum absolute atomic E-state index is 12.8. The Balaban J connectivity index is 1.41. The van der Waals surface area contributed by atoms with Crippen molar-refractivity contribution in [1.29, 1.82) is 0 Å². The summed E-state index contributed by atoms with van der Waals surface area (Å²) in [6.45, 7) is 1.32. The molecular formula is C24H21ClN2O5. The van der Waals surface area contributed by atoms with Gasteiger partial charge in [0, 0.05) is 10.7 Å². The Labute approximate surface area is 190 Å². The number of hydrogen-bond donors (Lipinski definition) is 1. The monoisotopic (exact) mass is 452 g/mol. The molecule has 3 amide bonds. The number of rotatable bonds is 5. The molecule has 2 aromatic carbocycles. The first-order valence-electron chi connectivity index (χ1n) is 10.2. The second-order valence-corrected chi connectivity index (χ2v) is 8.24. The summed E-state index contributed by atoms with van der Waals surface area (Å²) in [5, 5.41) is 3.12. The molecule has 0 bridgehead atoms. The van der Waals surface area contributed by atoms with Crippen molar-refractivity contribution < 1.29 is 23.9 Å². The molecule has 0 radical (unpaired) electrons. The molecule has 8 heteroatoms. The third kappa shape index (κ3) is 4.29. The van der Waals surface area contributed by atoms with Crippen LogP contribution in [0.25, 0.3) is 0 Å². The lowest BCUT2D eigenvalue weighted by atomic mass is 9.85. The van der Waals surface area contributed by atoms with Crippen molar-refractivity contribution in [3.8, 4) is 0 Å². The molecule has 1 heterocycles. The topological polar surface area (TPSA) is 92.8 Å². The van der Waals surface area contributed by atoms with Crippen molar-refractivity contribution in [3.05, 3.63) is 70.8 Å². The highest BCUT2D eigenvalue weighted by molar-refractivity contribution is 6.31. The van der Waals surface area contributed by atoms with Gasteiger partial charge >= 0.3 is 5.97 Å². The van der Waals surface area contributed by atoms with E-state index in [0.29, 0.717) is 29.2 Å². The molecule has 1 saturated heterocycles. The number of ether oxygens (including phenoxy) is 1. The fraction of sp³-hybridized carbons (Fsp3) is 0.250. The molecule has 2 aromatic rings. The van der Waals surface area contributed by atoms with E-state index in [1.165, 1.54) is 12.1 Å². The molecule has 32 heavy (non-hydrogen) atoms. The molecule has 2 atom stereocenters. The van der Waals surface area contributed by atoms with Gasteiger partial charge in [-0.2, -0.15) is 0 Å². The number of carbonyl (C=O) groups is 4. The minimum atomic E-state index is -0.733. The van der Waals surface area contributed by atoms with Crippen LogP contribution in [0, 0.1) is 18.8 Å². The zero-order chi connectivity index (χ0) is 22.8. The molecular weight excluding hydrogens is 432 g/mol. The highest BCUT2D eigenvalue weighted by atomic mass is 35.5. The van der Waals surface area contributed by atoms with E-state index in [9.17, 15) is 19.2 Å². The van der Waals surface area contributed by atoms with Crippen molar-refractivity contribution in [3.63, 3.8) is 0 Å². The first kappa shape index (κ1) is 21.8. The van der Waals surface area contributed by atoms with Gasteiger partial charge in [-0.3, -0.25) is 19.3 Å². The van der Waals surface area contributed by atoms with Gasteiger partial charge in [0.05, 0.1) is 23.1 Å². The summed E-state index contributed by atoms with van der Waals surface area (Å²) in [5.74, 6) is -2.48. The summed E-state index contributed by atoms with van der Waals surface area (Å²) in [6.07, 6.45) is 4.91. The minimum Gasteiger partial charge on any atom is -0.452 e. The van der Waals surface area contributed by atoms with Crippen LogP contribution in [0.5, 0.6) is 0 Å². The van der Waals surface area contributed by atoms with Gasteiger partial charge in [-0.25, -0.2) is 4.79 Å². The average molecular weight is 453 g/mol. The van der Waals surface area contributed by atoms with Crippen molar-refractivity contribution in [1.82, 2.24) is 0 Å². The van der Waals surface area contributed by atoms with Crippen molar-refractivity contribution >= 4 is 46.7 Å². The number of aryl methyl sites for hydroxylation is 1. The second kappa shape index (κ2) is 8.96. The first-order chi connectivity index (χ1) is 15.3. The van der Waals surface area contributed by atoms with Gasteiger partial charge in [0.25, 0.3) is 5.91 Å². The molecule has 2 aliphatic rings. The van der Waals surface area contributed by atoms with E-state index < -0.39 is 18.5 Å². The molecule has 0 aromatic heterocycles. The van der Waals surface area contributed by atoms with E-state index in [0.717, 1.165) is 10.5 Å². The Kier molecular flexibility index (Phi) is 6.10. The van der Waals surface area contributed by atoms with Crippen molar-refractivity contribution in [2.45, 2.75) is 19.8 Å². The van der Waals surface area contributed by atoms with Gasteiger partial charge in [0.1, 0.15) is 0 Å². The van der Waals surface area contributed by atoms with Crippen LogP contribution < -0.4 is 10.2 Å². The van der Waals surface area contributed by atoms with Gasteiger partial charge < -0.3 is 10.1 Å². The molecule has 1 aliphatic carbocycles. The number of hydrogen-bond acceptors (Lipinski definition) is 5. The summed E-state index contributed by atoms with van der Waals surface area (Å²) >= 11 is 5.94. The minimum absolute atomic E-state index is 0.142. The number of benzene rings is 2. The highest BCUT2D eigenvalue weighted by Gasteiger charge is 2.47. The SMILES string of the molecule is Cc1ccc(Cl)cc1NC(=O)COC(=O)c1cccc(N2C(=O)[C@@H]3CC=CC[C@H]3C2=O)c1. The van der Waals surface area contributed by atoms with E-state index in [4.69, 9.17) is 16.3 Å². The van der Waals surface area contributed by atoms with E-state index in [-0.39, 0.29) is 29.2 Å². The van der Waals surface area contributed by atoms with Crippen LogP contribution >= 0.6 is 11.6 Å². The van der Waals surface area contributed by atoms with Crippen LogP contribution in [-0.2, 0) is 19.1 Å². The average Bonchev–Trinajstić information content (AvgIpc) is 3.05. The van der Waals surface area contributed by atoms with Gasteiger partial charge in [-0.1, -0.05) is 35.9 Å². The molecule has 1 N–H and O–H groups in total. The van der Waals surface area contributed by atoms with Crippen LogP contribution in [-0.4, -0.2) is 30.3 Å². The third-order valence-electron chi connectivity index (χ3n) is 5.66. The predicted molar refractivity (Wildman–Crippen MR) is 119 cm³/mol. The Morgan fingerprint density at radius 1 is 1.06 bits per heavy atom. The second-order valence-electron chi connectivity index (χ2n) is 7.80. The van der Waals surface area contributed by atoms with Crippen molar-refractivity contribution in [2.75, 3.05) is 16.8 Å². The Morgan fingerprint density at radius 2 is 1.75 bits per heavy atom. The van der Waals surface area contributed by atoms with E-state index in [1.807, 2.05) is 19.1 Å². The number of nitrogens with one attached hydrogen (secondary N) is 1. The fourth-order valence-electron chi connectivity index (χ4n) is 3.96. The van der Waals surface area contributed by atoms with Gasteiger partial charge in [0.2, 0.25) is 11.8 Å². The van der Waals surface area contributed by atoms with Gasteiger partial charge in [-0.05, 0) is 55.7 Å². The number of allylic oxidation sites excluding steroid dienone is 2. The maximum Gasteiger partial charge on any atom is 0.338 e. The fourth-order valence-corrected chi connectivity index (χ4v) is 4.13. The van der Waals surface area contributed by atoms with E-state index in [1.54, 1.807) is 30.3 Å². The lowest BCUT2D eigenvalue weighted by molar-refractivity contribution is -0.122. The summed E-state index contributed by atoms with van der Waals surface area (Å²) in [4.78, 5) is 51.3. The Morgan fingerprint density at radius 3 is 2.44 bits per heavy atom. The molecule has 1 aliphatic heterocycles. The van der Waals surface area contributed by atoms with E-state index in [2.05, 4.69) is 5.32 Å². The predicted octanol–water partition coefficient (Wildman–Crippen LogP) is 3.90. The largest absolute Gasteiger partial charge is 0.452 e. The van der Waals surface area contributed by atoms with E-state index >= 15 is 0 Å². The standard InChI is InChI=1S/C24H21ClN2O5/c1-14-9-10-16(25)12-20(14)26-21(28)13-32-24(31)15-5-4-6-17(11-15)27-22(29)18-7-2-3-8-19(18)23(27)30/h2-6,9-12,18-19H,7-8,13H2,1H3,(H,26,28)/t18-,19-/m1/s1. The summed E-state index contributed by atoms with van der Waals surface area (Å²) in [5.41, 5.74) is 1.81. The molecule has 7 nitrogen and oxygen atoms in total. The maximum atomic E-state index is 12.8. The number of esters is 1. The number of nitrogens with zero attached hydrogens (tertiary/aromatic N) is 1. The van der Waals surface area contributed by atoms with Gasteiger partial charge in [-0.15, -0.1) is 0 Å². The number of carbonyl (C=O) groups excluding carboxylic acids is 4. The molecule has 0 saturated carbocycles. The third-order valence-corrected chi connectivity index (χ3v) is 5.89. The summed E-state index contributed by atoms with van der Waals surface area (Å²) < 4.78 is 5.12. The highest BCUT2D eigenvalue weighted by Crippen LogP contribution is 2.37. The Bertz CT molecular complexity index is 1120. The van der Waals surface area contributed by atoms with Crippen LogP contribution in [0.1, 0.15) is 28.8 Å². The molecule has 0 spiro atoms. The zero-order valence-electron chi connectivity index (χ0n) is 17.3. The normalized spacial score (nSPS) is 19.6. The van der Waals surface area contributed by atoms with Crippen LogP contribution in [0.15, 0.2) is 54.6 Å². The number of imide groups is 1. The molecule has 0 unspecified atom stereocenters. The molecule has 1 fully saturated rings. The summed E-state index contributed by atoms with van der Waals surface area (Å²) in [7, 11) is 0. The summed E-state index contributed by atoms with van der Waals surface area (Å²) in [6, 6.07) is 11.2. The number of amides is 3. The number of anilines is 2. The lowest BCUT2D eigenvalue weighted by Crippen LogP contribution is -2.31. The number of halogens is 1. The van der Waals surface area contributed by atoms with Crippen LogP contribution in [0.4, 0.5) is 11.4 Å². The smallest absolute Gasteiger partial charge is 0.338 e. The molecule has 4 rings (SSSR count). The number of fused-ring (bicyclic) bond motifs is 1. The van der Waals surface area contributed by atoms with Crippen LogP contribution in [0.2, 0.25) is 5.02 Å². The first-order valence-corrected chi connectivity index (χ1v) is 10.6. The lowest BCUT2D eigenvalue weighted by Gasteiger charge is -2.15. The molecule has 164 valence electrons. The van der Waals surface area contributed by atoms with Crippen molar-refractivity contribution in [2.24, 2.45) is 11.8 Å². The van der Waals surface area contributed by atoms with Crippen LogP contribution in [0.3, 0.4) is 0 Å². The zero-order valence-corrected chi connectivity index (χ0v) is 18.1. The van der Waals surface area contributed by atoms with Gasteiger partial charge in [0.15, 0.2) is 6.61 Å². The Hall–Kier alpha value is -3.45. The quantitative estimate of drug-likeness (QED) is 0.422.